The van der Waals surface area contributed by atoms with Crippen LogP contribution in [0.1, 0.15) is 37.0 Å². The van der Waals surface area contributed by atoms with Crippen LogP contribution in [0.5, 0.6) is 0 Å². The normalized spacial score (nSPS) is 17.9. The number of nitrogens with zero attached hydrogens (tertiary/aromatic N) is 2. The van der Waals surface area contributed by atoms with E-state index in [1.165, 1.54) is 0 Å². The standard InChI is InChI=1S/C17H22N4O/c1-11(2)8-19-15-6-5-12(9-20-15)16(22)14-10-21-17-13(14)4-3-7-18-17/h3-7,9,11,14,16,22H,8,10H2,1-2H3,(H,18,21)(H,19,20). The molecule has 1 aliphatic heterocycles. The molecule has 2 unspecified atom stereocenters. The van der Waals surface area contributed by atoms with Crippen LogP contribution in [-0.2, 0) is 0 Å². The second-order valence-corrected chi connectivity index (χ2v) is 6.12. The van der Waals surface area contributed by atoms with Crippen LogP contribution < -0.4 is 10.6 Å². The summed E-state index contributed by atoms with van der Waals surface area (Å²) in [5, 5.41) is 17.2. The Bertz CT molecular complexity index is 627. The predicted molar refractivity (Wildman–Crippen MR) is 88.0 cm³/mol. The van der Waals surface area contributed by atoms with Gasteiger partial charge in [0, 0.05) is 37.0 Å². The Morgan fingerprint density at radius 3 is 2.91 bits per heavy atom. The number of hydrogen-bond acceptors (Lipinski definition) is 5. The Morgan fingerprint density at radius 2 is 2.18 bits per heavy atom. The van der Waals surface area contributed by atoms with Crippen molar-refractivity contribution < 1.29 is 5.11 Å². The summed E-state index contributed by atoms with van der Waals surface area (Å²) >= 11 is 0. The lowest BCUT2D eigenvalue weighted by Crippen LogP contribution is -2.14. The number of pyridine rings is 2. The van der Waals surface area contributed by atoms with Crippen molar-refractivity contribution in [2.75, 3.05) is 23.7 Å². The van der Waals surface area contributed by atoms with E-state index in [-0.39, 0.29) is 5.92 Å². The number of anilines is 2. The number of rotatable bonds is 5. The highest BCUT2D eigenvalue weighted by Gasteiger charge is 2.30. The Morgan fingerprint density at radius 1 is 1.32 bits per heavy atom. The summed E-state index contributed by atoms with van der Waals surface area (Å²) in [5.41, 5.74) is 1.90. The van der Waals surface area contributed by atoms with E-state index >= 15 is 0 Å². The topological polar surface area (TPSA) is 70.1 Å². The van der Waals surface area contributed by atoms with Crippen LogP contribution in [0, 0.1) is 5.92 Å². The van der Waals surface area contributed by atoms with Crippen LogP contribution in [0.3, 0.4) is 0 Å². The zero-order valence-corrected chi connectivity index (χ0v) is 13.0. The molecular weight excluding hydrogens is 276 g/mol. The van der Waals surface area contributed by atoms with Crippen LogP contribution in [0.25, 0.3) is 0 Å². The second kappa shape index (κ2) is 6.32. The first-order valence-electron chi connectivity index (χ1n) is 7.72. The first kappa shape index (κ1) is 14.8. The van der Waals surface area contributed by atoms with Crippen molar-refractivity contribution in [3.05, 3.63) is 47.8 Å². The Kier molecular flexibility index (Phi) is 4.24. The van der Waals surface area contributed by atoms with Gasteiger partial charge in [-0.2, -0.15) is 0 Å². The summed E-state index contributed by atoms with van der Waals surface area (Å²) < 4.78 is 0. The second-order valence-electron chi connectivity index (χ2n) is 6.12. The number of aliphatic hydroxyl groups is 1. The molecule has 5 heteroatoms. The Balaban J connectivity index is 1.72. The van der Waals surface area contributed by atoms with Crippen molar-refractivity contribution in [2.24, 2.45) is 5.92 Å². The Hall–Kier alpha value is -2.14. The van der Waals surface area contributed by atoms with Gasteiger partial charge in [-0.05, 0) is 23.6 Å². The first-order valence-corrected chi connectivity index (χ1v) is 7.72. The molecule has 2 atom stereocenters. The molecule has 1 aliphatic rings. The van der Waals surface area contributed by atoms with Crippen molar-refractivity contribution in [3.8, 4) is 0 Å². The lowest BCUT2D eigenvalue weighted by molar-refractivity contribution is 0.151. The maximum Gasteiger partial charge on any atom is 0.129 e. The largest absolute Gasteiger partial charge is 0.388 e. The first-order chi connectivity index (χ1) is 10.6. The molecule has 0 saturated heterocycles. The molecule has 5 nitrogen and oxygen atoms in total. The molecule has 3 heterocycles. The minimum Gasteiger partial charge on any atom is -0.388 e. The van der Waals surface area contributed by atoms with E-state index in [2.05, 4.69) is 34.4 Å². The average Bonchev–Trinajstić information content (AvgIpc) is 2.97. The van der Waals surface area contributed by atoms with E-state index in [0.29, 0.717) is 12.5 Å². The molecule has 2 aromatic heterocycles. The molecule has 0 saturated carbocycles. The molecule has 0 aliphatic carbocycles. The van der Waals surface area contributed by atoms with E-state index in [0.717, 1.165) is 29.3 Å². The lowest BCUT2D eigenvalue weighted by Gasteiger charge is -2.18. The highest BCUT2D eigenvalue weighted by atomic mass is 16.3. The molecule has 0 amide bonds. The summed E-state index contributed by atoms with van der Waals surface area (Å²) in [6.45, 7) is 5.90. The van der Waals surface area contributed by atoms with Gasteiger partial charge in [-0.3, -0.25) is 0 Å². The predicted octanol–water partition coefficient (Wildman–Crippen LogP) is 2.79. The minimum absolute atomic E-state index is 0.0139. The molecular formula is C17H22N4O. The molecule has 116 valence electrons. The minimum atomic E-state index is -0.579. The summed E-state index contributed by atoms with van der Waals surface area (Å²) in [6, 6.07) is 7.78. The fourth-order valence-corrected chi connectivity index (χ4v) is 2.69. The number of hydrogen-bond donors (Lipinski definition) is 3. The molecule has 0 radical (unpaired) electrons. The number of aromatic nitrogens is 2. The molecule has 0 bridgehead atoms. The third-order valence-corrected chi connectivity index (χ3v) is 3.93. The van der Waals surface area contributed by atoms with Crippen LogP contribution >= 0.6 is 0 Å². The van der Waals surface area contributed by atoms with Gasteiger partial charge in [-0.25, -0.2) is 9.97 Å². The van der Waals surface area contributed by atoms with Crippen molar-refractivity contribution >= 4 is 11.6 Å². The SMILES string of the molecule is CC(C)CNc1ccc(C(O)C2CNc3ncccc32)cn1. The zero-order valence-electron chi connectivity index (χ0n) is 13.0. The maximum absolute atomic E-state index is 10.6. The molecule has 0 spiro atoms. The fourth-order valence-electron chi connectivity index (χ4n) is 2.69. The molecule has 3 N–H and O–H groups in total. The van der Waals surface area contributed by atoms with Crippen molar-refractivity contribution in [2.45, 2.75) is 25.9 Å². The maximum atomic E-state index is 10.6. The quantitative estimate of drug-likeness (QED) is 0.792. The van der Waals surface area contributed by atoms with Gasteiger partial charge in [-0.1, -0.05) is 26.0 Å². The summed E-state index contributed by atoms with van der Waals surface area (Å²) in [5.74, 6) is 2.30. The van der Waals surface area contributed by atoms with E-state index in [4.69, 9.17) is 0 Å². The molecule has 0 fully saturated rings. The van der Waals surface area contributed by atoms with E-state index < -0.39 is 6.10 Å². The van der Waals surface area contributed by atoms with E-state index in [9.17, 15) is 5.11 Å². The summed E-state index contributed by atoms with van der Waals surface area (Å²) in [4.78, 5) is 8.68. The van der Waals surface area contributed by atoms with Crippen LogP contribution in [-0.4, -0.2) is 28.2 Å². The zero-order chi connectivity index (χ0) is 15.5. The van der Waals surface area contributed by atoms with Crippen molar-refractivity contribution in [1.82, 2.24) is 9.97 Å². The fraction of sp³-hybridized carbons (Fsp3) is 0.412. The van der Waals surface area contributed by atoms with Gasteiger partial charge < -0.3 is 15.7 Å². The molecule has 22 heavy (non-hydrogen) atoms. The third-order valence-electron chi connectivity index (χ3n) is 3.93. The molecule has 2 aromatic rings. The number of fused-ring (bicyclic) bond motifs is 1. The Labute approximate surface area is 130 Å². The van der Waals surface area contributed by atoms with Gasteiger partial charge in [0.2, 0.25) is 0 Å². The van der Waals surface area contributed by atoms with Gasteiger partial charge in [0.1, 0.15) is 11.6 Å². The van der Waals surface area contributed by atoms with Crippen LogP contribution in [0.4, 0.5) is 11.6 Å². The van der Waals surface area contributed by atoms with Gasteiger partial charge in [-0.15, -0.1) is 0 Å². The molecule has 3 rings (SSSR count). The van der Waals surface area contributed by atoms with Crippen LogP contribution in [0.2, 0.25) is 0 Å². The highest BCUT2D eigenvalue weighted by molar-refractivity contribution is 5.52. The third kappa shape index (κ3) is 3.04. The smallest absolute Gasteiger partial charge is 0.129 e. The molecule has 0 aromatic carbocycles. The monoisotopic (exact) mass is 298 g/mol. The summed E-state index contributed by atoms with van der Waals surface area (Å²) in [6.07, 6.45) is 2.93. The number of nitrogens with one attached hydrogen (secondary N) is 2. The number of aliphatic hydroxyl groups excluding tert-OH is 1. The van der Waals surface area contributed by atoms with Crippen molar-refractivity contribution in [1.29, 1.82) is 0 Å². The van der Waals surface area contributed by atoms with E-state index in [1.807, 2.05) is 24.3 Å². The van der Waals surface area contributed by atoms with Gasteiger partial charge in [0.05, 0.1) is 6.10 Å². The average molecular weight is 298 g/mol. The highest BCUT2D eigenvalue weighted by Crippen LogP contribution is 2.38. The van der Waals surface area contributed by atoms with Crippen molar-refractivity contribution in [3.63, 3.8) is 0 Å². The van der Waals surface area contributed by atoms with E-state index in [1.54, 1.807) is 12.4 Å². The van der Waals surface area contributed by atoms with Crippen LogP contribution in [0.15, 0.2) is 36.7 Å². The van der Waals surface area contributed by atoms with Gasteiger partial charge >= 0.3 is 0 Å². The summed E-state index contributed by atoms with van der Waals surface area (Å²) in [7, 11) is 0. The van der Waals surface area contributed by atoms with Gasteiger partial charge in [0.25, 0.3) is 0 Å². The van der Waals surface area contributed by atoms with Gasteiger partial charge in [0.15, 0.2) is 0 Å². The lowest BCUT2D eigenvalue weighted by atomic mass is 9.92.